The largest absolute Gasteiger partial charge is 0.438 e. The number of aromatic amines is 1. The van der Waals surface area contributed by atoms with Crippen molar-refractivity contribution in [3.05, 3.63) is 64.5 Å². The van der Waals surface area contributed by atoms with E-state index in [1.165, 1.54) is 12.4 Å². The third kappa shape index (κ3) is 3.83. The number of hydrogen-bond donors (Lipinski definition) is 2. The molecular formula is C20H15BrN5O3+. The molecule has 3 aromatic heterocycles. The monoisotopic (exact) mass is 452 g/mol. The van der Waals surface area contributed by atoms with Gasteiger partial charge in [-0.15, -0.1) is 0 Å². The van der Waals surface area contributed by atoms with Crippen molar-refractivity contribution < 1.29 is 19.4 Å². The van der Waals surface area contributed by atoms with Crippen molar-refractivity contribution >= 4 is 27.0 Å². The number of nitrogens with one attached hydrogen (secondary N) is 1. The fourth-order valence-electron chi connectivity index (χ4n) is 2.77. The first-order chi connectivity index (χ1) is 14.1. The van der Waals surface area contributed by atoms with Crippen LogP contribution in [0.25, 0.3) is 11.0 Å². The van der Waals surface area contributed by atoms with E-state index in [1.54, 1.807) is 36.4 Å². The summed E-state index contributed by atoms with van der Waals surface area (Å²) in [5, 5.41) is 19.4. The number of halogens is 1. The van der Waals surface area contributed by atoms with Crippen molar-refractivity contribution in [1.29, 1.82) is 5.26 Å². The number of hydrogen-bond acceptors (Lipinski definition) is 6. The summed E-state index contributed by atoms with van der Waals surface area (Å²) in [6, 6.07) is 12.2. The van der Waals surface area contributed by atoms with Crippen molar-refractivity contribution in [3.8, 4) is 29.5 Å². The van der Waals surface area contributed by atoms with Crippen molar-refractivity contribution in [1.82, 2.24) is 15.0 Å². The molecule has 144 valence electrons. The van der Waals surface area contributed by atoms with E-state index in [2.05, 4.69) is 37.0 Å². The molecule has 0 aliphatic rings. The minimum atomic E-state index is 0.0477. The van der Waals surface area contributed by atoms with Crippen LogP contribution in [-0.2, 0) is 6.42 Å². The molecule has 0 saturated heterocycles. The second kappa shape index (κ2) is 7.77. The van der Waals surface area contributed by atoms with Crippen LogP contribution < -0.4 is 14.2 Å². The van der Waals surface area contributed by atoms with Gasteiger partial charge < -0.3 is 14.5 Å². The third-order valence-electron chi connectivity index (χ3n) is 4.11. The average Bonchev–Trinajstić information content (AvgIpc) is 3.04. The molecule has 0 unspecified atom stereocenters. The number of nitriles is 1. The van der Waals surface area contributed by atoms with E-state index in [0.29, 0.717) is 28.1 Å². The van der Waals surface area contributed by atoms with Gasteiger partial charge in [0.05, 0.1) is 21.5 Å². The van der Waals surface area contributed by atoms with Crippen molar-refractivity contribution in [2.45, 2.75) is 13.3 Å². The molecule has 0 fully saturated rings. The molecule has 0 saturated carbocycles. The van der Waals surface area contributed by atoms with Crippen LogP contribution in [-0.4, -0.2) is 20.2 Å². The van der Waals surface area contributed by atoms with Crippen molar-refractivity contribution in [3.63, 3.8) is 0 Å². The van der Waals surface area contributed by atoms with Gasteiger partial charge in [-0.25, -0.2) is 0 Å². The number of H-pyrrole nitrogens is 1. The molecule has 0 radical (unpaired) electrons. The van der Waals surface area contributed by atoms with Crippen LogP contribution in [0.5, 0.6) is 23.4 Å². The zero-order valence-electron chi connectivity index (χ0n) is 15.3. The van der Waals surface area contributed by atoms with Crippen LogP contribution in [0.3, 0.4) is 0 Å². The summed E-state index contributed by atoms with van der Waals surface area (Å²) in [5.74, 6) is 1.10. The third-order valence-corrected chi connectivity index (χ3v) is 4.98. The molecule has 4 rings (SSSR count). The Hall–Kier alpha value is -3.64. The summed E-state index contributed by atoms with van der Waals surface area (Å²) in [7, 11) is 0. The van der Waals surface area contributed by atoms with Gasteiger partial charge in [0, 0.05) is 16.5 Å². The second-order valence-corrected chi connectivity index (χ2v) is 6.86. The smallest absolute Gasteiger partial charge is 0.327 e. The number of aryl methyl sites for hydroxylation is 1. The van der Waals surface area contributed by atoms with Crippen LogP contribution in [0, 0.1) is 11.3 Å². The summed E-state index contributed by atoms with van der Waals surface area (Å²) in [6.45, 7) is 2.02. The molecule has 0 atom stereocenters. The normalized spacial score (nSPS) is 10.7. The molecule has 0 aliphatic carbocycles. The maximum atomic E-state index is 9.57. The highest BCUT2D eigenvalue weighted by Crippen LogP contribution is 2.37. The van der Waals surface area contributed by atoms with Gasteiger partial charge in [0.25, 0.3) is 6.20 Å². The molecule has 2 N–H and O–H groups in total. The fourth-order valence-corrected chi connectivity index (χ4v) is 3.51. The fraction of sp³-hybridized carbons (Fsp3) is 0.100. The van der Waals surface area contributed by atoms with E-state index >= 15 is 0 Å². The standard InChI is InChI=1S/C20H15BrN5O3/c1-2-15-17(21)16-18(23-15)24-20(29-14-7-4-8-26(27)11-14)25-19(16)28-13-6-3-5-12(9-13)10-22/h3-9,11,27H,2H2,1H3,(H,23,24,25)/q+1. The van der Waals surface area contributed by atoms with Gasteiger partial charge in [-0.1, -0.05) is 13.0 Å². The van der Waals surface area contributed by atoms with E-state index in [4.69, 9.17) is 14.7 Å². The van der Waals surface area contributed by atoms with Crippen LogP contribution in [0.2, 0.25) is 0 Å². The van der Waals surface area contributed by atoms with E-state index < -0.39 is 0 Å². The maximum Gasteiger partial charge on any atom is 0.327 e. The van der Waals surface area contributed by atoms with Crippen molar-refractivity contribution in [2.24, 2.45) is 0 Å². The highest BCUT2D eigenvalue weighted by molar-refractivity contribution is 9.10. The first-order valence-electron chi connectivity index (χ1n) is 8.72. The Morgan fingerprint density at radius 3 is 2.79 bits per heavy atom. The molecular weight excluding hydrogens is 438 g/mol. The van der Waals surface area contributed by atoms with Gasteiger partial charge in [0.15, 0.2) is 5.75 Å². The number of nitrogens with zero attached hydrogens (tertiary/aromatic N) is 4. The minimum Gasteiger partial charge on any atom is -0.438 e. The average molecular weight is 453 g/mol. The highest BCUT2D eigenvalue weighted by Gasteiger charge is 2.19. The number of ether oxygens (including phenoxy) is 2. The Labute approximate surface area is 174 Å². The van der Waals surface area contributed by atoms with Gasteiger partial charge >= 0.3 is 6.01 Å². The summed E-state index contributed by atoms with van der Waals surface area (Å²) in [4.78, 5) is 12.1. The number of benzene rings is 1. The van der Waals surface area contributed by atoms with Gasteiger partial charge in [0.1, 0.15) is 11.4 Å². The van der Waals surface area contributed by atoms with Gasteiger partial charge in [-0.05, 0) is 46.6 Å². The number of rotatable bonds is 5. The zero-order valence-corrected chi connectivity index (χ0v) is 16.8. The Balaban J connectivity index is 1.81. The first-order valence-corrected chi connectivity index (χ1v) is 9.51. The summed E-state index contributed by atoms with van der Waals surface area (Å²) < 4.78 is 13.4. The molecule has 9 heteroatoms. The topological polar surface area (TPSA) is 108 Å². The molecule has 0 bridgehead atoms. The van der Waals surface area contributed by atoms with Crippen LogP contribution in [0.4, 0.5) is 0 Å². The summed E-state index contributed by atoms with van der Waals surface area (Å²) >= 11 is 3.58. The van der Waals surface area contributed by atoms with E-state index in [0.717, 1.165) is 21.3 Å². The molecule has 29 heavy (non-hydrogen) atoms. The zero-order chi connectivity index (χ0) is 20.4. The molecule has 1 aromatic carbocycles. The molecule has 0 amide bonds. The SMILES string of the molecule is CCc1[nH]c2nc(Oc3ccc[n+](O)c3)nc(Oc3cccc(C#N)c3)c2c1Br. The lowest BCUT2D eigenvalue weighted by atomic mass is 10.2. The first kappa shape index (κ1) is 18.7. The van der Waals surface area contributed by atoms with E-state index in [9.17, 15) is 5.21 Å². The summed E-state index contributed by atoms with van der Waals surface area (Å²) in [6.07, 6.45) is 3.59. The molecule has 0 aliphatic heterocycles. The Bertz CT molecular complexity index is 1250. The Kier molecular flexibility index (Phi) is 5.01. The van der Waals surface area contributed by atoms with E-state index in [-0.39, 0.29) is 11.9 Å². The predicted molar refractivity (Wildman–Crippen MR) is 106 cm³/mol. The van der Waals surface area contributed by atoms with Crippen molar-refractivity contribution in [2.75, 3.05) is 0 Å². The van der Waals surface area contributed by atoms with Crippen LogP contribution in [0.15, 0.2) is 53.3 Å². The lowest BCUT2D eigenvalue weighted by Gasteiger charge is -2.08. The Morgan fingerprint density at radius 1 is 1.21 bits per heavy atom. The molecule has 3 heterocycles. The highest BCUT2D eigenvalue weighted by atomic mass is 79.9. The molecule has 8 nitrogen and oxygen atoms in total. The molecule has 0 spiro atoms. The maximum absolute atomic E-state index is 9.57. The summed E-state index contributed by atoms with van der Waals surface area (Å²) in [5.41, 5.74) is 1.95. The predicted octanol–water partition coefficient (Wildman–Crippen LogP) is 4.26. The number of pyridine rings is 1. The lowest BCUT2D eigenvalue weighted by Crippen LogP contribution is -2.28. The Morgan fingerprint density at radius 2 is 2.03 bits per heavy atom. The van der Waals surface area contributed by atoms with Crippen LogP contribution >= 0.6 is 15.9 Å². The quantitative estimate of drug-likeness (QED) is 0.345. The number of aromatic nitrogens is 4. The van der Waals surface area contributed by atoms with E-state index in [1.807, 2.05) is 6.92 Å². The van der Waals surface area contributed by atoms with Gasteiger partial charge in [-0.3, -0.25) is 5.21 Å². The van der Waals surface area contributed by atoms with Gasteiger partial charge in [0.2, 0.25) is 12.1 Å². The minimum absolute atomic E-state index is 0.0477. The molecule has 4 aromatic rings. The lowest BCUT2D eigenvalue weighted by molar-refractivity contribution is -0.904. The number of fused-ring (bicyclic) bond motifs is 1. The van der Waals surface area contributed by atoms with Crippen LogP contribution in [0.1, 0.15) is 18.2 Å². The van der Waals surface area contributed by atoms with Gasteiger partial charge in [-0.2, -0.15) is 15.2 Å². The second-order valence-electron chi connectivity index (χ2n) is 6.07.